The summed E-state index contributed by atoms with van der Waals surface area (Å²) in [6.07, 6.45) is 5.76. The van der Waals surface area contributed by atoms with Gasteiger partial charge in [0.1, 0.15) is 11.6 Å². The molecule has 126 valence electrons. The molecule has 2 aromatic heterocycles. The van der Waals surface area contributed by atoms with Gasteiger partial charge in [-0.2, -0.15) is 0 Å². The van der Waals surface area contributed by atoms with E-state index in [0.29, 0.717) is 6.04 Å². The number of pyridine rings is 1. The molecule has 1 aliphatic heterocycles. The van der Waals surface area contributed by atoms with Gasteiger partial charge in [-0.1, -0.05) is 6.07 Å². The minimum Gasteiger partial charge on any atom is -0.477 e. The van der Waals surface area contributed by atoms with Crippen LogP contribution in [0.5, 0.6) is 0 Å². The van der Waals surface area contributed by atoms with Crippen molar-refractivity contribution in [1.82, 2.24) is 14.5 Å². The molecule has 1 unspecified atom stereocenters. The van der Waals surface area contributed by atoms with Crippen LogP contribution in [0.25, 0.3) is 0 Å². The lowest BCUT2D eigenvalue weighted by molar-refractivity contribution is 0.0690. The number of carboxylic acids is 1. The van der Waals surface area contributed by atoms with Crippen LogP contribution in [0.1, 0.15) is 53.0 Å². The van der Waals surface area contributed by atoms with E-state index in [1.54, 1.807) is 6.07 Å². The van der Waals surface area contributed by atoms with Gasteiger partial charge in [-0.25, -0.2) is 14.8 Å². The van der Waals surface area contributed by atoms with E-state index in [4.69, 9.17) is 10.1 Å². The highest BCUT2D eigenvalue weighted by Crippen LogP contribution is 2.31. The molecule has 0 radical (unpaired) electrons. The quantitative estimate of drug-likeness (QED) is 0.939. The predicted octanol–water partition coefficient (Wildman–Crippen LogP) is 2.61. The topological polar surface area (TPSA) is 71.2 Å². The summed E-state index contributed by atoms with van der Waals surface area (Å²) in [7, 11) is 0. The average molecular weight is 326 g/mol. The standard InChI is InChI=1S/C18H22N4O2/c1-12-19-14-5-2-3-7-16(14)22(12)13-9-10-21(11-13)17-8-4-6-15(20-17)18(23)24/h4,6,8,13H,2-3,5,7,9-11H2,1H3,(H,23,24). The summed E-state index contributed by atoms with van der Waals surface area (Å²) in [4.78, 5) is 22.4. The number of aryl methyl sites for hydroxylation is 2. The van der Waals surface area contributed by atoms with Crippen LogP contribution < -0.4 is 4.90 Å². The van der Waals surface area contributed by atoms with E-state index in [-0.39, 0.29) is 5.69 Å². The van der Waals surface area contributed by atoms with Crippen molar-refractivity contribution in [3.05, 3.63) is 41.1 Å². The Balaban J connectivity index is 1.58. The van der Waals surface area contributed by atoms with E-state index >= 15 is 0 Å². The lowest BCUT2D eigenvalue weighted by Gasteiger charge is -2.22. The number of anilines is 1. The van der Waals surface area contributed by atoms with E-state index in [1.807, 2.05) is 6.07 Å². The van der Waals surface area contributed by atoms with Crippen molar-refractivity contribution in [2.24, 2.45) is 0 Å². The molecule has 24 heavy (non-hydrogen) atoms. The van der Waals surface area contributed by atoms with Gasteiger partial charge in [0.2, 0.25) is 0 Å². The van der Waals surface area contributed by atoms with Crippen LogP contribution in [-0.2, 0) is 12.8 Å². The van der Waals surface area contributed by atoms with E-state index in [0.717, 1.165) is 44.0 Å². The summed E-state index contributed by atoms with van der Waals surface area (Å²) in [6.45, 7) is 3.86. The lowest BCUT2D eigenvalue weighted by Crippen LogP contribution is -2.23. The third-order valence-electron chi connectivity index (χ3n) is 5.15. The molecule has 1 aliphatic carbocycles. The summed E-state index contributed by atoms with van der Waals surface area (Å²) in [5, 5.41) is 9.13. The fourth-order valence-electron chi connectivity index (χ4n) is 4.06. The Morgan fingerprint density at radius 2 is 2.08 bits per heavy atom. The Labute approximate surface area is 141 Å². The maximum Gasteiger partial charge on any atom is 0.354 e. The number of rotatable bonds is 3. The highest BCUT2D eigenvalue weighted by Gasteiger charge is 2.29. The number of nitrogens with zero attached hydrogens (tertiary/aromatic N) is 4. The molecule has 0 spiro atoms. The first kappa shape index (κ1) is 15.2. The summed E-state index contributed by atoms with van der Waals surface area (Å²) < 4.78 is 2.43. The zero-order valence-electron chi connectivity index (χ0n) is 13.9. The molecule has 3 heterocycles. The number of carbonyl (C=O) groups is 1. The van der Waals surface area contributed by atoms with Crippen LogP contribution in [0, 0.1) is 6.92 Å². The van der Waals surface area contributed by atoms with Crippen LogP contribution in [-0.4, -0.2) is 38.7 Å². The number of fused-ring (bicyclic) bond motifs is 1. The minimum atomic E-state index is -0.980. The number of hydrogen-bond donors (Lipinski definition) is 1. The SMILES string of the molecule is Cc1nc2c(n1C1CCN(c3cccc(C(=O)O)n3)C1)CCCC2. The fraction of sp³-hybridized carbons (Fsp3) is 0.500. The van der Waals surface area contributed by atoms with Crippen molar-refractivity contribution in [3.63, 3.8) is 0 Å². The van der Waals surface area contributed by atoms with E-state index in [9.17, 15) is 4.79 Å². The molecule has 1 N–H and O–H groups in total. The molecule has 6 heteroatoms. The zero-order valence-corrected chi connectivity index (χ0v) is 13.9. The van der Waals surface area contributed by atoms with Gasteiger partial charge in [-0.15, -0.1) is 0 Å². The highest BCUT2D eigenvalue weighted by atomic mass is 16.4. The average Bonchev–Trinajstić information content (AvgIpc) is 3.18. The van der Waals surface area contributed by atoms with Gasteiger partial charge in [-0.05, 0) is 51.2 Å². The Kier molecular flexibility index (Phi) is 3.75. The van der Waals surface area contributed by atoms with Crippen LogP contribution >= 0.6 is 0 Å². The van der Waals surface area contributed by atoms with Crippen molar-refractivity contribution in [2.45, 2.75) is 45.1 Å². The Hall–Kier alpha value is -2.37. The summed E-state index contributed by atoms with van der Waals surface area (Å²) in [5.74, 6) is 0.886. The van der Waals surface area contributed by atoms with Crippen LogP contribution in [0.15, 0.2) is 18.2 Å². The van der Waals surface area contributed by atoms with Crippen molar-refractivity contribution in [2.75, 3.05) is 18.0 Å². The second-order valence-corrected chi connectivity index (χ2v) is 6.70. The fourth-order valence-corrected chi connectivity index (χ4v) is 4.06. The Bertz CT molecular complexity index is 783. The lowest BCUT2D eigenvalue weighted by atomic mass is 10.0. The third kappa shape index (κ3) is 2.56. The van der Waals surface area contributed by atoms with Crippen molar-refractivity contribution in [3.8, 4) is 0 Å². The molecule has 0 aromatic carbocycles. The molecular weight excluding hydrogens is 304 g/mol. The molecule has 1 saturated heterocycles. The molecule has 4 rings (SSSR count). The second-order valence-electron chi connectivity index (χ2n) is 6.70. The maximum atomic E-state index is 11.1. The van der Waals surface area contributed by atoms with Crippen LogP contribution in [0.3, 0.4) is 0 Å². The first-order chi connectivity index (χ1) is 11.6. The van der Waals surface area contributed by atoms with Gasteiger partial charge in [0.25, 0.3) is 0 Å². The number of hydrogen-bond acceptors (Lipinski definition) is 4. The summed E-state index contributed by atoms with van der Waals surface area (Å²) in [5.41, 5.74) is 2.80. The third-order valence-corrected chi connectivity index (χ3v) is 5.15. The molecule has 0 bridgehead atoms. The highest BCUT2D eigenvalue weighted by molar-refractivity contribution is 5.85. The molecule has 6 nitrogen and oxygen atoms in total. The van der Waals surface area contributed by atoms with Crippen molar-refractivity contribution < 1.29 is 9.90 Å². The smallest absolute Gasteiger partial charge is 0.354 e. The second kappa shape index (κ2) is 5.92. The molecule has 2 aromatic rings. The van der Waals surface area contributed by atoms with Gasteiger partial charge < -0.3 is 14.6 Å². The number of aromatic nitrogens is 3. The number of aromatic carboxylic acids is 1. The van der Waals surface area contributed by atoms with Crippen molar-refractivity contribution >= 4 is 11.8 Å². The van der Waals surface area contributed by atoms with Gasteiger partial charge >= 0.3 is 5.97 Å². The van der Waals surface area contributed by atoms with E-state index in [1.165, 1.54) is 30.3 Å². The van der Waals surface area contributed by atoms with Crippen molar-refractivity contribution in [1.29, 1.82) is 0 Å². The van der Waals surface area contributed by atoms with Crippen LogP contribution in [0.2, 0.25) is 0 Å². The van der Waals surface area contributed by atoms with Gasteiger partial charge in [0.05, 0.1) is 11.7 Å². The first-order valence-corrected chi connectivity index (χ1v) is 8.65. The van der Waals surface area contributed by atoms with Crippen LogP contribution in [0.4, 0.5) is 5.82 Å². The normalized spacial score (nSPS) is 20.2. The Morgan fingerprint density at radius 3 is 2.92 bits per heavy atom. The molecule has 1 fully saturated rings. The summed E-state index contributed by atoms with van der Waals surface area (Å²) in [6, 6.07) is 5.60. The first-order valence-electron chi connectivity index (χ1n) is 8.65. The predicted molar refractivity (Wildman–Crippen MR) is 90.7 cm³/mol. The molecule has 2 aliphatic rings. The van der Waals surface area contributed by atoms with Gasteiger partial charge in [0.15, 0.2) is 5.69 Å². The van der Waals surface area contributed by atoms with Gasteiger partial charge in [-0.3, -0.25) is 0 Å². The van der Waals surface area contributed by atoms with Gasteiger partial charge in [0, 0.05) is 18.8 Å². The molecule has 1 atom stereocenters. The largest absolute Gasteiger partial charge is 0.477 e. The number of carboxylic acid groups (broad SMARTS) is 1. The Morgan fingerprint density at radius 1 is 1.25 bits per heavy atom. The zero-order chi connectivity index (χ0) is 16.7. The maximum absolute atomic E-state index is 11.1. The van der Waals surface area contributed by atoms with E-state index < -0.39 is 5.97 Å². The van der Waals surface area contributed by atoms with E-state index in [2.05, 4.69) is 21.4 Å². The summed E-state index contributed by atoms with van der Waals surface area (Å²) >= 11 is 0. The number of imidazole rings is 1. The minimum absolute atomic E-state index is 0.104. The molecule has 0 saturated carbocycles. The molecular formula is C18H22N4O2. The monoisotopic (exact) mass is 326 g/mol. The molecule has 0 amide bonds.